The topological polar surface area (TPSA) is 38.3 Å². The Morgan fingerprint density at radius 2 is 2.12 bits per heavy atom. The molecule has 0 radical (unpaired) electrons. The van der Waals surface area contributed by atoms with Gasteiger partial charge < -0.3 is 10.1 Å². The molecule has 3 nitrogen and oxygen atoms in total. The smallest absolute Gasteiger partial charge is 0.326 e. The van der Waals surface area contributed by atoms with Crippen molar-refractivity contribution in [3.63, 3.8) is 0 Å². The van der Waals surface area contributed by atoms with Crippen molar-refractivity contribution in [1.29, 1.82) is 0 Å². The lowest BCUT2D eigenvalue weighted by Gasteiger charge is -2.28. The highest BCUT2D eigenvalue weighted by molar-refractivity contribution is 8.00. The Kier molecular flexibility index (Phi) is 5.62. The van der Waals surface area contributed by atoms with E-state index in [0.29, 0.717) is 0 Å². The minimum absolute atomic E-state index is 0.153. The van der Waals surface area contributed by atoms with Crippen LogP contribution in [-0.2, 0) is 9.53 Å². The van der Waals surface area contributed by atoms with E-state index >= 15 is 0 Å². The molecule has 0 spiro atoms. The van der Waals surface area contributed by atoms with Gasteiger partial charge in [0.2, 0.25) is 0 Å². The van der Waals surface area contributed by atoms with E-state index in [0.717, 1.165) is 17.5 Å². The summed E-state index contributed by atoms with van der Waals surface area (Å²) >= 11 is 1.91. The molecule has 1 N–H and O–H groups in total. The Hall–Kier alpha value is -0.220. The first-order valence-corrected chi connectivity index (χ1v) is 7.12. The van der Waals surface area contributed by atoms with Crippen molar-refractivity contribution in [3.8, 4) is 0 Å². The molecule has 1 unspecified atom stereocenters. The third-order valence-electron chi connectivity index (χ3n) is 3.11. The second-order valence-electron chi connectivity index (χ2n) is 4.57. The van der Waals surface area contributed by atoms with Crippen LogP contribution in [0.25, 0.3) is 0 Å². The van der Waals surface area contributed by atoms with Gasteiger partial charge in [0.1, 0.15) is 5.54 Å². The molecular formula is C12H23NO2S. The molecule has 1 aliphatic carbocycles. The maximum atomic E-state index is 11.7. The maximum Gasteiger partial charge on any atom is 0.326 e. The number of rotatable bonds is 6. The first-order chi connectivity index (χ1) is 7.62. The van der Waals surface area contributed by atoms with Gasteiger partial charge in [0, 0.05) is 11.0 Å². The summed E-state index contributed by atoms with van der Waals surface area (Å²) in [5.74, 6) is 0.651. The quantitative estimate of drug-likeness (QED) is 0.728. The molecule has 0 amide bonds. The SMILES string of the molecule is CCNC(C)(CSC1CCCC1)C(=O)OC. The van der Waals surface area contributed by atoms with Gasteiger partial charge in [0.05, 0.1) is 7.11 Å². The fourth-order valence-electron chi connectivity index (χ4n) is 2.14. The summed E-state index contributed by atoms with van der Waals surface area (Å²) in [5, 5.41) is 3.98. The van der Waals surface area contributed by atoms with E-state index in [9.17, 15) is 4.79 Å². The normalized spacial score (nSPS) is 20.7. The van der Waals surface area contributed by atoms with Crippen LogP contribution in [0.2, 0.25) is 0 Å². The van der Waals surface area contributed by atoms with Crippen LogP contribution >= 0.6 is 11.8 Å². The lowest BCUT2D eigenvalue weighted by molar-refractivity contribution is -0.146. The van der Waals surface area contributed by atoms with E-state index in [1.165, 1.54) is 32.8 Å². The van der Waals surface area contributed by atoms with Gasteiger partial charge in [-0.3, -0.25) is 4.79 Å². The van der Waals surface area contributed by atoms with E-state index < -0.39 is 5.54 Å². The minimum Gasteiger partial charge on any atom is -0.468 e. The standard InChI is InChI=1S/C12H23NO2S/c1-4-13-12(2,11(14)15-3)9-16-10-7-5-6-8-10/h10,13H,4-9H2,1-3H3. The summed E-state index contributed by atoms with van der Waals surface area (Å²) in [6, 6.07) is 0. The Morgan fingerprint density at radius 1 is 1.50 bits per heavy atom. The molecular weight excluding hydrogens is 222 g/mol. The number of likely N-dealkylation sites (N-methyl/N-ethyl adjacent to an activating group) is 1. The van der Waals surface area contributed by atoms with E-state index in [4.69, 9.17) is 4.74 Å². The van der Waals surface area contributed by atoms with Crippen LogP contribution in [0.4, 0.5) is 0 Å². The van der Waals surface area contributed by atoms with Gasteiger partial charge in [-0.2, -0.15) is 11.8 Å². The number of methoxy groups -OCH3 is 1. The molecule has 0 aliphatic heterocycles. The van der Waals surface area contributed by atoms with Crippen molar-refractivity contribution in [2.75, 3.05) is 19.4 Å². The molecule has 0 aromatic carbocycles. The monoisotopic (exact) mass is 245 g/mol. The van der Waals surface area contributed by atoms with Gasteiger partial charge in [-0.1, -0.05) is 19.8 Å². The van der Waals surface area contributed by atoms with Gasteiger partial charge in [-0.05, 0) is 26.3 Å². The van der Waals surface area contributed by atoms with Crippen molar-refractivity contribution >= 4 is 17.7 Å². The Bertz CT molecular complexity index is 229. The molecule has 1 aliphatic rings. The first kappa shape index (κ1) is 13.8. The highest BCUT2D eigenvalue weighted by atomic mass is 32.2. The molecule has 94 valence electrons. The number of hydrogen-bond donors (Lipinski definition) is 1. The second kappa shape index (κ2) is 6.50. The summed E-state index contributed by atoms with van der Waals surface area (Å²) in [7, 11) is 1.46. The Balaban J connectivity index is 2.45. The number of carbonyl (C=O) groups excluding carboxylic acids is 1. The van der Waals surface area contributed by atoms with Gasteiger partial charge in [-0.15, -0.1) is 0 Å². The van der Waals surface area contributed by atoms with Crippen LogP contribution in [-0.4, -0.2) is 36.2 Å². The van der Waals surface area contributed by atoms with Crippen LogP contribution < -0.4 is 5.32 Å². The molecule has 1 saturated carbocycles. The van der Waals surface area contributed by atoms with E-state index in [2.05, 4.69) is 5.32 Å². The lowest BCUT2D eigenvalue weighted by Crippen LogP contribution is -2.52. The van der Waals surface area contributed by atoms with Gasteiger partial charge in [0.25, 0.3) is 0 Å². The number of esters is 1. The van der Waals surface area contributed by atoms with Crippen LogP contribution in [0, 0.1) is 0 Å². The molecule has 0 aromatic rings. The molecule has 1 rings (SSSR count). The van der Waals surface area contributed by atoms with Crippen LogP contribution in [0.3, 0.4) is 0 Å². The maximum absolute atomic E-state index is 11.7. The number of nitrogens with one attached hydrogen (secondary N) is 1. The molecule has 16 heavy (non-hydrogen) atoms. The number of carbonyl (C=O) groups is 1. The van der Waals surface area contributed by atoms with Gasteiger partial charge in [-0.25, -0.2) is 0 Å². The van der Waals surface area contributed by atoms with Crippen molar-refractivity contribution < 1.29 is 9.53 Å². The molecule has 0 aromatic heterocycles. The molecule has 0 saturated heterocycles. The van der Waals surface area contributed by atoms with E-state index in [1.54, 1.807) is 0 Å². The largest absolute Gasteiger partial charge is 0.468 e. The zero-order valence-electron chi connectivity index (χ0n) is 10.5. The number of ether oxygens (including phenoxy) is 1. The van der Waals surface area contributed by atoms with Crippen molar-refractivity contribution in [2.24, 2.45) is 0 Å². The highest BCUT2D eigenvalue weighted by Gasteiger charge is 2.34. The number of hydrogen-bond acceptors (Lipinski definition) is 4. The summed E-state index contributed by atoms with van der Waals surface area (Å²) in [6.07, 6.45) is 5.28. The summed E-state index contributed by atoms with van der Waals surface area (Å²) in [5.41, 5.74) is -0.531. The molecule has 1 fully saturated rings. The van der Waals surface area contributed by atoms with Crippen LogP contribution in [0.15, 0.2) is 0 Å². The zero-order chi connectivity index (χ0) is 12.0. The minimum atomic E-state index is -0.531. The molecule has 4 heteroatoms. The van der Waals surface area contributed by atoms with Crippen molar-refractivity contribution in [2.45, 2.75) is 50.3 Å². The Morgan fingerprint density at radius 3 is 2.62 bits per heavy atom. The molecule has 1 atom stereocenters. The predicted molar refractivity (Wildman–Crippen MR) is 68.8 cm³/mol. The predicted octanol–water partition coefficient (Wildman–Crippen LogP) is 2.20. The third kappa shape index (κ3) is 3.67. The van der Waals surface area contributed by atoms with Crippen molar-refractivity contribution in [3.05, 3.63) is 0 Å². The number of thioether (sulfide) groups is 1. The fraction of sp³-hybridized carbons (Fsp3) is 0.917. The van der Waals surface area contributed by atoms with Gasteiger partial charge >= 0.3 is 5.97 Å². The Labute approximate surface area is 103 Å². The van der Waals surface area contributed by atoms with Crippen LogP contribution in [0.5, 0.6) is 0 Å². The zero-order valence-corrected chi connectivity index (χ0v) is 11.4. The summed E-state index contributed by atoms with van der Waals surface area (Å²) < 4.78 is 4.87. The van der Waals surface area contributed by atoms with Crippen molar-refractivity contribution in [1.82, 2.24) is 5.32 Å². The van der Waals surface area contributed by atoms with E-state index in [-0.39, 0.29) is 5.97 Å². The average Bonchev–Trinajstić information content (AvgIpc) is 2.78. The summed E-state index contributed by atoms with van der Waals surface area (Å²) in [4.78, 5) is 11.7. The third-order valence-corrected chi connectivity index (χ3v) is 4.80. The fourth-order valence-corrected chi connectivity index (χ4v) is 3.59. The van der Waals surface area contributed by atoms with Crippen LogP contribution in [0.1, 0.15) is 39.5 Å². The lowest BCUT2D eigenvalue weighted by atomic mass is 10.1. The molecule has 0 heterocycles. The average molecular weight is 245 g/mol. The first-order valence-electron chi connectivity index (χ1n) is 6.07. The molecule has 0 bridgehead atoms. The highest BCUT2D eigenvalue weighted by Crippen LogP contribution is 2.31. The second-order valence-corrected chi connectivity index (χ2v) is 5.86. The van der Waals surface area contributed by atoms with E-state index in [1.807, 2.05) is 25.6 Å². The van der Waals surface area contributed by atoms with Gasteiger partial charge in [0.15, 0.2) is 0 Å². The summed E-state index contributed by atoms with van der Waals surface area (Å²) in [6.45, 7) is 4.74.